The summed E-state index contributed by atoms with van der Waals surface area (Å²) < 4.78 is 0. The van der Waals surface area contributed by atoms with Crippen molar-refractivity contribution in [2.45, 2.75) is 45.7 Å². The van der Waals surface area contributed by atoms with Crippen LogP contribution in [0.2, 0.25) is 0 Å². The van der Waals surface area contributed by atoms with Crippen LogP contribution in [0, 0.1) is 0 Å². The number of nitrogens with one attached hydrogen (secondary N) is 1. The predicted molar refractivity (Wildman–Crippen MR) is 93.8 cm³/mol. The van der Waals surface area contributed by atoms with Crippen LogP contribution in [-0.4, -0.2) is 29.5 Å². The molecule has 1 N–H and O–H groups in total. The standard InChI is InChI=1S/C16H21N3OS2/c1-4-6-17-14(20)13-8-12-16(19(13)10(2)3)22-15(18-12)11-5-7-21-9-11/h5,7,9-10,13H,4,6,8H2,1-3H3,(H,17,20)/t13-/m0/s1. The molecule has 0 unspecified atom stereocenters. The molecule has 0 bridgehead atoms. The first-order valence-corrected chi connectivity index (χ1v) is 9.46. The molecule has 22 heavy (non-hydrogen) atoms. The Morgan fingerprint density at radius 3 is 3.00 bits per heavy atom. The molecule has 0 saturated carbocycles. The summed E-state index contributed by atoms with van der Waals surface area (Å²) in [6, 6.07) is 2.27. The number of hydrogen-bond acceptors (Lipinski definition) is 5. The van der Waals surface area contributed by atoms with Crippen LogP contribution in [0.3, 0.4) is 0 Å². The second-order valence-corrected chi connectivity index (χ2v) is 7.55. The minimum atomic E-state index is -0.114. The van der Waals surface area contributed by atoms with Crippen LogP contribution in [0.25, 0.3) is 10.6 Å². The lowest BCUT2D eigenvalue weighted by atomic mass is 10.1. The molecule has 1 atom stereocenters. The van der Waals surface area contributed by atoms with Crippen molar-refractivity contribution < 1.29 is 4.79 Å². The third-order valence-corrected chi connectivity index (χ3v) is 5.65. The van der Waals surface area contributed by atoms with Gasteiger partial charge >= 0.3 is 0 Å². The van der Waals surface area contributed by atoms with Crippen molar-refractivity contribution in [3.8, 4) is 10.6 Å². The van der Waals surface area contributed by atoms with Crippen LogP contribution < -0.4 is 10.2 Å². The van der Waals surface area contributed by atoms with Crippen molar-refractivity contribution in [2.24, 2.45) is 0 Å². The van der Waals surface area contributed by atoms with E-state index in [1.165, 1.54) is 5.56 Å². The molecule has 2 aromatic rings. The molecule has 6 heteroatoms. The summed E-state index contributed by atoms with van der Waals surface area (Å²) in [5.41, 5.74) is 2.25. The molecule has 0 spiro atoms. The van der Waals surface area contributed by atoms with E-state index in [1.807, 2.05) is 0 Å². The Morgan fingerprint density at radius 2 is 2.36 bits per heavy atom. The van der Waals surface area contributed by atoms with Crippen molar-refractivity contribution in [1.29, 1.82) is 0 Å². The van der Waals surface area contributed by atoms with Gasteiger partial charge in [-0.3, -0.25) is 4.79 Å². The molecule has 0 aromatic carbocycles. The quantitative estimate of drug-likeness (QED) is 0.909. The van der Waals surface area contributed by atoms with Crippen molar-refractivity contribution in [3.63, 3.8) is 0 Å². The Labute approximate surface area is 139 Å². The van der Waals surface area contributed by atoms with E-state index in [0.29, 0.717) is 6.42 Å². The average molecular weight is 335 g/mol. The second kappa shape index (κ2) is 6.38. The Kier molecular flexibility index (Phi) is 4.49. The molecule has 1 aliphatic rings. The second-order valence-electron chi connectivity index (χ2n) is 5.79. The van der Waals surface area contributed by atoms with Gasteiger partial charge in [0.1, 0.15) is 16.1 Å². The van der Waals surface area contributed by atoms with Crippen molar-refractivity contribution in [1.82, 2.24) is 10.3 Å². The first-order valence-electron chi connectivity index (χ1n) is 7.70. The first kappa shape index (κ1) is 15.5. The van der Waals surface area contributed by atoms with E-state index in [9.17, 15) is 4.79 Å². The Morgan fingerprint density at radius 1 is 1.55 bits per heavy atom. The number of hydrogen-bond donors (Lipinski definition) is 1. The Balaban J connectivity index is 1.86. The van der Waals surface area contributed by atoms with E-state index in [-0.39, 0.29) is 18.0 Å². The maximum atomic E-state index is 12.4. The summed E-state index contributed by atoms with van der Waals surface area (Å²) in [6.45, 7) is 7.08. The normalized spacial score (nSPS) is 17.1. The number of aromatic nitrogens is 1. The maximum absolute atomic E-state index is 12.4. The van der Waals surface area contributed by atoms with Crippen LogP contribution in [0.5, 0.6) is 0 Å². The third-order valence-electron chi connectivity index (χ3n) is 3.81. The van der Waals surface area contributed by atoms with Gasteiger partial charge < -0.3 is 10.2 Å². The minimum Gasteiger partial charge on any atom is -0.354 e. The third kappa shape index (κ3) is 2.77. The van der Waals surface area contributed by atoms with Gasteiger partial charge in [0.2, 0.25) is 5.91 Å². The summed E-state index contributed by atoms with van der Waals surface area (Å²) >= 11 is 3.39. The van der Waals surface area contributed by atoms with E-state index in [2.05, 4.69) is 47.8 Å². The molecule has 0 fully saturated rings. The van der Waals surface area contributed by atoms with Gasteiger partial charge in [0.15, 0.2) is 0 Å². The van der Waals surface area contributed by atoms with E-state index >= 15 is 0 Å². The van der Waals surface area contributed by atoms with Gasteiger partial charge in [-0.05, 0) is 31.7 Å². The summed E-state index contributed by atoms with van der Waals surface area (Å²) in [7, 11) is 0. The first-order chi connectivity index (χ1) is 10.6. The van der Waals surface area contributed by atoms with Gasteiger partial charge in [-0.25, -0.2) is 4.98 Å². The largest absolute Gasteiger partial charge is 0.354 e. The van der Waals surface area contributed by atoms with Crippen molar-refractivity contribution >= 4 is 33.6 Å². The summed E-state index contributed by atoms with van der Waals surface area (Å²) in [5, 5.41) is 9.44. The van der Waals surface area contributed by atoms with Gasteiger partial charge in [0.25, 0.3) is 0 Å². The zero-order valence-corrected chi connectivity index (χ0v) is 14.8. The molecule has 0 aliphatic carbocycles. The number of rotatable bonds is 5. The van der Waals surface area contributed by atoms with E-state index in [1.54, 1.807) is 22.7 Å². The maximum Gasteiger partial charge on any atom is 0.243 e. The number of fused-ring (bicyclic) bond motifs is 1. The van der Waals surface area contributed by atoms with E-state index in [0.717, 1.165) is 28.7 Å². The zero-order valence-electron chi connectivity index (χ0n) is 13.1. The predicted octanol–water partition coefficient (Wildman–Crippen LogP) is 3.54. The highest BCUT2D eigenvalue weighted by molar-refractivity contribution is 7.19. The Hall–Kier alpha value is -1.40. The molecule has 1 aliphatic heterocycles. The molecule has 3 heterocycles. The van der Waals surface area contributed by atoms with Crippen LogP contribution in [0.1, 0.15) is 32.9 Å². The molecule has 2 aromatic heterocycles. The smallest absolute Gasteiger partial charge is 0.243 e. The number of nitrogens with zero attached hydrogens (tertiary/aromatic N) is 2. The molecule has 0 saturated heterocycles. The zero-order chi connectivity index (χ0) is 15.7. The molecule has 4 nitrogen and oxygen atoms in total. The lowest BCUT2D eigenvalue weighted by Crippen LogP contribution is -2.48. The number of anilines is 1. The lowest BCUT2D eigenvalue weighted by Gasteiger charge is -2.29. The topological polar surface area (TPSA) is 45.2 Å². The number of amides is 1. The highest BCUT2D eigenvalue weighted by atomic mass is 32.1. The summed E-state index contributed by atoms with van der Waals surface area (Å²) in [5.74, 6) is 0.123. The molecular weight excluding hydrogens is 314 g/mol. The number of thiazole rings is 1. The van der Waals surface area contributed by atoms with Gasteiger partial charge in [-0.15, -0.1) is 0 Å². The summed E-state index contributed by atoms with van der Waals surface area (Å²) in [6.07, 6.45) is 1.67. The Bertz CT molecular complexity index is 648. The number of carbonyl (C=O) groups is 1. The fourth-order valence-corrected chi connectivity index (χ4v) is 4.78. The van der Waals surface area contributed by atoms with Gasteiger partial charge in [-0.2, -0.15) is 11.3 Å². The van der Waals surface area contributed by atoms with Crippen molar-refractivity contribution in [2.75, 3.05) is 11.4 Å². The number of carbonyl (C=O) groups excluding carboxylic acids is 1. The fourth-order valence-electron chi connectivity index (χ4n) is 2.79. The lowest BCUT2D eigenvalue weighted by molar-refractivity contribution is -0.122. The van der Waals surface area contributed by atoms with Crippen LogP contribution in [0.15, 0.2) is 16.8 Å². The van der Waals surface area contributed by atoms with Gasteiger partial charge in [-0.1, -0.05) is 18.3 Å². The van der Waals surface area contributed by atoms with Gasteiger partial charge in [0, 0.05) is 30.0 Å². The highest BCUT2D eigenvalue weighted by Crippen LogP contribution is 2.42. The molecule has 3 rings (SSSR count). The summed E-state index contributed by atoms with van der Waals surface area (Å²) in [4.78, 5) is 19.4. The highest BCUT2D eigenvalue weighted by Gasteiger charge is 2.38. The molecular formula is C16H21N3OS2. The molecule has 0 radical (unpaired) electrons. The molecule has 118 valence electrons. The van der Waals surface area contributed by atoms with Crippen molar-refractivity contribution in [3.05, 3.63) is 22.5 Å². The minimum absolute atomic E-state index is 0.114. The monoisotopic (exact) mass is 335 g/mol. The fraction of sp³-hybridized carbons (Fsp3) is 0.500. The van der Waals surface area contributed by atoms with E-state index in [4.69, 9.17) is 4.98 Å². The average Bonchev–Trinajstić information content (AvgIpc) is 3.17. The van der Waals surface area contributed by atoms with Crippen LogP contribution >= 0.6 is 22.7 Å². The van der Waals surface area contributed by atoms with Crippen LogP contribution in [-0.2, 0) is 11.2 Å². The molecule has 1 amide bonds. The SMILES string of the molecule is CCCNC(=O)[C@@H]1Cc2nc(-c3ccsc3)sc2N1C(C)C. The number of thiophene rings is 1. The van der Waals surface area contributed by atoms with Gasteiger partial charge in [0.05, 0.1) is 5.69 Å². The van der Waals surface area contributed by atoms with Crippen LogP contribution in [0.4, 0.5) is 5.00 Å². The van der Waals surface area contributed by atoms with E-state index < -0.39 is 0 Å².